The van der Waals surface area contributed by atoms with E-state index in [1.54, 1.807) is 0 Å². The lowest BCUT2D eigenvalue weighted by atomic mass is 9.46. The first-order chi connectivity index (χ1) is 25.7. The molecule has 0 spiro atoms. The first kappa shape index (κ1) is 45.1. The fraction of sp³-hybridized carbons (Fsp3) is 0.907. The third kappa shape index (κ3) is 8.82. The predicted octanol–water partition coefficient (Wildman–Crippen LogP) is 3.73. The van der Waals surface area contributed by atoms with Gasteiger partial charge in [-0.25, -0.2) is 0 Å². The van der Waals surface area contributed by atoms with E-state index in [-0.39, 0.29) is 34.5 Å². The van der Waals surface area contributed by atoms with Gasteiger partial charge in [0.25, 0.3) is 0 Å². The van der Waals surface area contributed by atoms with E-state index in [2.05, 4.69) is 61.1 Å². The summed E-state index contributed by atoms with van der Waals surface area (Å²) < 4.78 is 24.6. The van der Waals surface area contributed by atoms with Crippen LogP contribution in [-0.4, -0.2) is 127 Å². The first-order valence-electron chi connectivity index (χ1n) is 21.0. The molecular weight excluding hydrogens is 708 g/mol. The summed E-state index contributed by atoms with van der Waals surface area (Å²) in [6.45, 7) is 20.6. The van der Waals surface area contributed by atoms with Crippen molar-refractivity contribution >= 4 is 0 Å². The minimum atomic E-state index is -1.67. The first-order valence-corrected chi connectivity index (χ1v) is 21.0. The van der Waals surface area contributed by atoms with Gasteiger partial charge in [-0.05, 0) is 118 Å². The van der Waals surface area contributed by atoms with Crippen LogP contribution in [0.3, 0.4) is 0 Å². The SMILES string of the molecule is C=C(CCC=C(C)C)[C@H]1CC[C@@](C)(CC)[C@@H]1[C@H](O)C[C@H]1CC[C@H](O[C@@H]2O[C@H](CO)[C@@H](O)[C@H](O)C2O[C@H]2O[C@@H](C)[C@H](O)[C@@H](O)[C@@H]2O)[C@H]2C(C)(C)[C@@H](O)CC[C@]12C. The lowest BCUT2D eigenvalue weighted by Crippen LogP contribution is -2.66. The molecule has 1 unspecified atom stereocenters. The van der Waals surface area contributed by atoms with Gasteiger partial charge in [0.2, 0.25) is 0 Å². The second-order valence-corrected chi connectivity index (χ2v) is 19.3. The van der Waals surface area contributed by atoms with Crippen LogP contribution in [0.5, 0.6) is 0 Å². The molecule has 0 aromatic heterocycles. The quantitative estimate of drug-likeness (QED) is 0.126. The Bertz CT molecular complexity index is 1320. The van der Waals surface area contributed by atoms with Crippen molar-refractivity contribution in [1.82, 2.24) is 0 Å². The molecule has 0 aromatic carbocycles. The molecule has 0 amide bonds. The molecule has 3 aliphatic carbocycles. The Kier molecular flexibility index (Phi) is 14.5. The second kappa shape index (κ2) is 17.7. The largest absolute Gasteiger partial charge is 0.394 e. The van der Waals surface area contributed by atoms with E-state index < -0.39 is 91.7 Å². The third-order valence-corrected chi connectivity index (χ3v) is 15.2. The molecule has 2 aliphatic heterocycles. The van der Waals surface area contributed by atoms with E-state index in [4.69, 9.17) is 18.9 Å². The van der Waals surface area contributed by atoms with E-state index in [1.807, 2.05) is 0 Å². The van der Waals surface area contributed by atoms with Gasteiger partial charge in [-0.15, -0.1) is 0 Å². The summed E-state index contributed by atoms with van der Waals surface area (Å²) in [6, 6.07) is 0. The predicted molar refractivity (Wildman–Crippen MR) is 206 cm³/mol. The molecule has 12 nitrogen and oxygen atoms in total. The Labute approximate surface area is 328 Å². The van der Waals surface area contributed by atoms with Crippen molar-refractivity contribution in [1.29, 1.82) is 0 Å². The van der Waals surface area contributed by atoms with Gasteiger partial charge in [-0.2, -0.15) is 0 Å². The molecule has 2 heterocycles. The molecule has 3 saturated carbocycles. The summed E-state index contributed by atoms with van der Waals surface area (Å²) >= 11 is 0. The van der Waals surface area contributed by atoms with Crippen LogP contribution in [0.2, 0.25) is 0 Å². The number of hydrogen-bond donors (Lipinski definition) is 8. The van der Waals surface area contributed by atoms with Gasteiger partial charge in [0, 0.05) is 0 Å². The minimum absolute atomic E-state index is 0.00425. The van der Waals surface area contributed by atoms with Crippen LogP contribution in [0, 0.1) is 39.9 Å². The van der Waals surface area contributed by atoms with Crippen LogP contribution in [0.4, 0.5) is 0 Å². The summed E-state index contributed by atoms with van der Waals surface area (Å²) in [7, 11) is 0. The number of aliphatic hydroxyl groups is 8. The maximum Gasteiger partial charge on any atom is 0.187 e. The van der Waals surface area contributed by atoms with Gasteiger partial charge in [-0.1, -0.05) is 64.8 Å². The van der Waals surface area contributed by atoms with Crippen LogP contribution < -0.4 is 0 Å². The molecule has 8 N–H and O–H groups in total. The Hall–Kier alpha value is -1.00. The van der Waals surface area contributed by atoms with Gasteiger partial charge in [0.1, 0.15) is 42.7 Å². The van der Waals surface area contributed by atoms with E-state index in [1.165, 1.54) is 18.1 Å². The van der Waals surface area contributed by atoms with Crippen molar-refractivity contribution in [2.24, 2.45) is 39.9 Å². The standard InChI is InChI=1S/C43H74O12/c1-10-42(8)18-16-26(23(4)13-11-12-22(2)3)31(42)27(45)20-25-14-15-28(38-41(6,7)30(46)17-19-43(25,38)9)53-40-37(35(50)33(48)29(21-44)54-40)55-39-36(51)34(49)32(47)24(5)52-39/h12,24-40,44-51H,4,10-11,13-21H2,1-3,5-9H3/t24-,25+,26+,27+,28-,29+,30-,31-,32-,33+,34+,35-,36-,37?,38-,39+,40+,42+,43+/m0/s1. The Morgan fingerprint density at radius 2 is 1.55 bits per heavy atom. The molecule has 5 rings (SSSR count). The smallest absolute Gasteiger partial charge is 0.187 e. The number of hydrogen-bond acceptors (Lipinski definition) is 12. The monoisotopic (exact) mass is 783 g/mol. The molecule has 2 saturated heterocycles. The average Bonchev–Trinajstić information content (AvgIpc) is 3.49. The minimum Gasteiger partial charge on any atom is -0.394 e. The lowest BCUT2D eigenvalue weighted by molar-refractivity contribution is -0.376. The van der Waals surface area contributed by atoms with Gasteiger partial charge in [0.15, 0.2) is 12.6 Å². The molecule has 5 aliphatic rings. The van der Waals surface area contributed by atoms with E-state index in [0.29, 0.717) is 19.3 Å². The molecule has 0 radical (unpaired) electrons. The number of allylic oxidation sites excluding steroid dienone is 3. The third-order valence-electron chi connectivity index (χ3n) is 15.2. The fourth-order valence-electron chi connectivity index (χ4n) is 11.6. The fourth-order valence-corrected chi connectivity index (χ4v) is 11.6. The zero-order valence-corrected chi connectivity index (χ0v) is 34.6. The highest BCUT2D eigenvalue weighted by atomic mass is 16.8. The van der Waals surface area contributed by atoms with Crippen molar-refractivity contribution in [3.8, 4) is 0 Å². The number of aliphatic hydroxyl groups excluding tert-OH is 8. The van der Waals surface area contributed by atoms with Crippen molar-refractivity contribution in [3.05, 3.63) is 23.8 Å². The molecule has 19 atom stereocenters. The van der Waals surface area contributed by atoms with Gasteiger partial charge in [0.05, 0.1) is 31.0 Å². The molecule has 0 aromatic rings. The van der Waals surface area contributed by atoms with Crippen LogP contribution in [-0.2, 0) is 18.9 Å². The summed E-state index contributed by atoms with van der Waals surface area (Å²) in [5.41, 5.74) is 1.54. The van der Waals surface area contributed by atoms with Crippen LogP contribution in [0.15, 0.2) is 23.8 Å². The van der Waals surface area contributed by atoms with Crippen molar-refractivity contribution in [2.75, 3.05) is 6.61 Å². The van der Waals surface area contributed by atoms with Gasteiger partial charge in [-0.3, -0.25) is 0 Å². The Balaban J connectivity index is 1.41. The maximum atomic E-state index is 12.4. The molecule has 12 heteroatoms. The van der Waals surface area contributed by atoms with Crippen LogP contribution >= 0.6 is 0 Å². The van der Waals surface area contributed by atoms with E-state index >= 15 is 0 Å². The van der Waals surface area contributed by atoms with Crippen molar-refractivity contribution < 1.29 is 59.8 Å². The Morgan fingerprint density at radius 3 is 2.18 bits per heavy atom. The highest BCUT2D eigenvalue weighted by molar-refractivity contribution is 5.14. The normalized spacial score (nSPS) is 47.9. The zero-order chi connectivity index (χ0) is 40.8. The molecular formula is C43H74O12. The maximum absolute atomic E-state index is 12.4. The Morgan fingerprint density at radius 1 is 0.855 bits per heavy atom. The van der Waals surface area contributed by atoms with Crippen LogP contribution in [0.1, 0.15) is 120 Å². The number of fused-ring (bicyclic) bond motifs is 1. The second-order valence-electron chi connectivity index (χ2n) is 19.3. The summed E-state index contributed by atoms with van der Waals surface area (Å²) in [6.07, 6.45) is -5.41. The topological polar surface area (TPSA) is 199 Å². The molecule has 318 valence electrons. The van der Waals surface area contributed by atoms with Gasteiger partial charge < -0.3 is 59.8 Å². The van der Waals surface area contributed by atoms with Gasteiger partial charge >= 0.3 is 0 Å². The van der Waals surface area contributed by atoms with E-state index in [0.717, 1.165) is 44.9 Å². The van der Waals surface area contributed by atoms with Crippen molar-refractivity contribution in [3.63, 3.8) is 0 Å². The summed E-state index contributed by atoms with van der Waals surface area (Å²) in [5, 5.41) is 87.6. The van der Waals surface area contributed by atoms with Crippen LogP contribution in [0.25, 0.3) is 0 Å². The van der Waals surface area contributed by atoms with E-state index in [9.17, 15) is 40.9 Å². The average molecular weight is 783 g/mol. The zero-order valence-electron chi connectivity index (χ0n) is 34.6. The highest BCUT2D eigenvalue weighted by Gasteiger charge is 2.61. The summed E-state index contributed by atoms with van der Waals surface area (Å²) in [4.78, 5) is 0. The lowest BCUT2D eigenvalue weighted by Gasteiger charge is -2.62. The molecule has 5 fully saturated rings. The molecule has 0 bridgehead atoms. The number of ether oxygens (including phenoxy) is 4. The number of rotatable bonds is 13. The summed E-state index contributed by atoms with van der Waals surface area (Å²) in [5.74, 6) is 0.239. The molecule has 55 heavy (non-hydrogen) atoms. The highest BCUT2D eigenvalue weighted by Crippen LogP contribution is 2.63. The van der Waals surface area contributed by atoms with Crippen molar-refractivity contribution in [2.45, 2.75) is 199 Å².